The number of rotatable bonds is 2. The molecule has 48 valence electrons. The minimum absolute atomic E-state index is 1.17. The third-order valence-corrected chi connectivity index (χ3v) is 0.656. The van der Waals surface area contributed by atoms with E-state index < -0.39 is 14.1 Å². The molecule has 0 rings (SSSR count). The number of hydrogen-bond donors (Lipinski definition) is 2. The van der Waals surface area contributed by atoms with Crippen LogP contribution in [0.4, 0.5) is 0 Å². The van der Waals surface area contributed by atoms with E-state index in [1.165, 1.54) is 0 Å². The predicted molar refractivity (Wildman–Crippen MR) is 24.6 cm³/mol. The van der Waals surface area contributed by atoms with Crippen LogP contribution in [0.3, 0.4) is 0 Å². The Bertz CT molecular complexity index is 177. The molecule has 0 aliphatic heterocycles. The van der Waals surface area contributed by atoms with Crippen molar-refractivity contribution in [3.63, 3.8) is 0 Å². The van der Waals surface area contributed by atoms with Gasteiger partial charge in [-0.2, -0.15) is 9.42 Å². The minimum atomic E-state index is -4.03. The first-order valence-corrected chi connectivity index (χ1v) is 3.61. The zero-order valence-corrected chi connectivity index (χ0v) is 5.02. The first kappa shape index (κ1) is 7.53. The highest BCUT2D eigenvalue weighted by Gasteiger charge is 2.14. The van der Waals surface area contributed by atoms with Crippen LogP contribution in [0.15, 0.2) is 0 Å². The fourth-order valence-electron chi connectivity index (χ4n) is 0.0806. The van der Waals surface area contributed by atoms with Crippen molar-refractivity contribution in [3.8, 4) is 0 Å². The molecule has 6 nitrogen and oxygen atoms in total. The van der Waals surface area contributed by atoms with Gasteiger partial charge in [-0.1, -0.05) is 0 Å². The molecule has 1 atom stereocenters. The molecule has 0 aliphatic carbocycles. The topological polar surface area (TPSA) is 86.8 Å². The van der Waals surface area contributed by atoms with Crippen LogP contribution >= 0.6 is 0 Å². The van der Waals surface area contributed by atoms with E-state index in [-0.39, 0.29) is 0 Å². The summed E-state index contributed by atoms with van der Waals surface area (Å²) in [5.74, 6) is 0. The maximum Gasteiger partial charge on any atom is 0.493 e. The summed E-state index contributed by atoms with van der Waals surface area (Å²) in [6.07, 6.45) is 0. The van der Waals surface area contributed by atoms with E-state index in [9.17, 15) is 9.12 Å². The van der Waals surface area contributed by atoms with Crippen molar-refractivity contribution in [2.45, 2.75) is 0 Å². The summed E-state index contributed by atoms with van der Waals surface area (Å²) in [6.45, 7) is 0. The van der Waals surface area contributed by atoms with Gasteiger partial charge in [-0.25, -0.2) is 0 Å². The van der Waals surface area contributed by atoms with Gasteiger partial charge in [0.25, 0.3) is 0 Å². The third-order valence-electron chi connectivity index (χ3n) is 0.158. The second-order valence-electron chi connectivity index (χ2n) is 0.740. The Balaban J connectivity index is 3.95. The SMILES string of the molecule is O=[N+](O)OS(=O)(O)=S. The third kappa shape index (κ3) is 5.53. The largest absolute Gasteiger partial charge is 0.493 e. The average Bonchev–Trinajstić information content (AvgIpc) is 1.21. The molecule has 0 heterocycles. The fraction of sp³-hybridized carbons (Fsp3) is 0. The van der Waals surface area contributed by atoms with E-state index in [0.29, 0.717) is 0 Å². The zero-order chi connectivity index (χ0) is 6.78. The molecule has 0 aromatic heterocycles. The molecule has 8 heavy (non-hydrogen) atoms. The molecule has 0 aromatic carbocycles. The van der Waals surface area contributed by atoms with Crippen molar-refractivity contribution in [2.75, 3.05) is 0 Å². The molecule has 0 fully saturated rings. The Morgan fingerprint density at radius 2 is 2.12 bits per heavy atom. The lowest BCUT2D eigenvalue weighted by atomic mass is 13.1. The normalized spacial score (nSPS) is 16.6. The van der Waals surface area contributed by atoms with Gasteiger partial charge in [0.1, 0.15) is 4.91 Å². The van der Waals surface area contributed by atoms with Crippen LogP contribution < -0.4 is 0 Å². The smallest absolute Gasteiger partial charge is 0.272 e. The molecule has 0 aliphatic rings. The van der Waals surface area contributed by atoms with E-state index in [0.717, 1.165) is 0 Å². The Labute approximate surface area is 49.3 Å². The highest BCUT2D eigenvalue weighted by atomic mass is 32.9. The Hall–Kier alpha value is -0.470. The predicted octanol–water partition coefficient (Wildman–Crippen LogP) is -0.780. The molecule has 0 saturated heterocycles. The Morgan fingerprint density at radius 1 is 1.75 bits per heavy atom. The van der Waals surface area contributed by atoms with E-state index in [4.69, 9.17) is 9.76 Å². The molecule has 0 saturated carbocycles. The maximum absolute atomic E-state index is 9.74. The van der Waals surface area contributed by atoms with E-state index in [1.807, 2.05) is 0 Å². The Kier molecular flexibility index (Phi) is 2.07. The van der Waals surface area contributed by atoms with Gasteiger partial charge in [0.2, 0.25) is 0 Å². The van der Waals surface area contributed by atoms with E-state index in [2.05, 4.69) is 15.5 Å². The molecule has 0 bridgehead atoms. The summed E-state index contributed by atoms with van der Waals surface area (Å²) < 4.78 is 20.8. The Morgan fingerprint density at radius 3 is 2.12 bits per heavy atom. The van der Waals surface area contributed by atoms with Gasteiger partial charge in [-0.05, 0) is 4.28 Å². The fourth-order valence-corrected chi connectivity index (χ4v) is 0.398. The molecule has 8 heteroatoms. The summed E-state index contributed by atoms with van der Waals surface area (Å²) in [4.78, 5) is 9.30. The maximum atomic E-state index is 9.74. The minimum Gasteiger partial charge on any atom is -0.272 e. The highest BCUT2D eigenvalue weighted by molar-refractivity contribution is 8.26. The molecule has 0 radical (unpaired) electrons. The standard InChI is InChI=1S/HNO5S2/c2-1(3)6-8(4,5)7/h(H-,2,3,4,5,7)/p+1. The van der Waals surface area contributed by atoms with Gasteiger partial charge in [0.05, 0.1) is 11.2 Å². The van der Waals surface area contributed by atoms with Gasteiger partial charge in [0, 0.05) is 0 Å². The van der Waals surface area contributed by atoms with Gasteiger partial charge in [-0.15, -0.1) is 0 Å². The first-order chi connectivity index (χ1) is 3.42. The molecule has 0 amide bonds. The quantitative estimate of drug-likeness (QED) is 0.515. The van der Waals surface area contributed by atoms with Gasteiger partial charge >= 0.3 is 14.1 Å². The highest BCUT2D eigenvalue weighted by Crippen LogP contribution is 1.83. The van der Waals surface area contributed by atoms with E-state index in [1.54, 1.807) is 0 Å². The molecule has 0 spiro atoms. The molecule has 0 aromatic rings. The summed E-state index contributed by atoms with van der Waals surface area (Å²) in [6, 6.07) is 0. The summed E-state index contributed by atoms with van der Waals surface area (Å²) >= 11 is 3.62. The van der Waals surface area contributed by atoms with Crippen molar-refractivity contribution in [1.29, 1.82) is 0 Å². The number of nitrogens with zero attached hydrogens (tertiary/aromatic N) is 1. The van der Waals surface area contributed by atoms with Crippen molar-refractivity contribution in [2.24, 2.45) is 0 Å². The van der Waals surface area contributed by atoms with Crippen LogP contribution in [0, 0.1) is 4.91 Å². The van der Waals surface area contributed by atoms with Gasteiger partial charge in [-0.3, -0.25) is 4.55 Å². The number of hydrogen-bond acceptors (Lipinski definition) is 4. The van der Waals surface area contributed by atoms with Crippen LogP contribution in [0.25, 0.3) is 0 Å². The van der Waals surface area contributed by atoms with Crippen molar-refractivity contribution < 1.29 is 23.3 Å². The first-order valence-electron chi connectivity index (χ1n) is 1.25. The van der Waals surface area contributed by atoms with Crippen LogP contribution in [0.1, 0.15) is 0 Å². The summed E-state index contributed by atoms with van der Waals surface area (Å²) in [5, 5.41) is 6.37. The van der Waals surface area contributed by atoms with Crippen molar-refractivity contribution >= 4 is 20.2 Å². The lowest BCUT2D eigenvalue weighted by Gasteiger charge is -1.80. The lowest BCUT2D eigenvalue weighted by Crippen LogP contribution is -2.09. The van der Waals surface area contributed by atoms with Crippen molar-refractivity contribution in [1.82, 2.24) is 0 Å². The molecule has 1 unspecified atom stereocenters. The van der Waals surface area contributed by atoms with Crippen LogP contribution in [0.5, 0.6) is 0 Å². The second kappa shape index (κ2) is 2.20. The zero-order valence-electron chi connectivity index (χ0n) is 3.38. The van der Waals surface area contributed by atoms with Gasteiger partial charge in [0.15, 0.2) is 0 Å². The molecular weight excluding hydrogens is 158 g/mol. The average molecular weight is 160 g/mol. The summed E-state index contributed by atoms with van der Waals surface area (Å²) in [7, 11) is -4.03. The molecular formula is H2NO5S2+. The molecule has 2 N–H and O–H groups in total. The lowest BCUT2D eigenvalue weighted by molar-refractivity contribution is -0.947. The van der Waals surface area contributed by atoms with Crippen molar-refractivity contribution in [3.05, 3.63) is 4.91 Å². The van der Waals surface area contributed by atoms with E-state index >= 15 is 0 Å². The monoisotopic (exact) mass is 160 g/mol. The second-order valence-corrected chi connectivity index (χ2v) is 3.01. The summed E-state index contributed by atoms with van der Waals surface area (Å²) in [5.41, 5.74) is 0. The van der Waals surface area contributed by atoms with Crippen LogP contribution in [0.2, 0.25) is 0 Å². The van der Waals surface area contributed by atoms with Crippen LogP contribution in [-0.4, -0.2) is 19.1 Å². The van der Waals surface area contributed by atoms with Gasteiger partial charge < -0.3 is 0 Å². The van der Waals surface area contributed by atoms with Crippen LogP contribution in [-0.2, 0) is 24.5 Å².